The fraction of sp³-hybridized carbons (Fsp3) is 0.0588. The third-order valence-electron chi connectivity index (χ3n) is 2.71. The lowest BCUT2D eigenvalue weighted by Crippen LogP contribution is -2.31. The molecule has 0 bridgehead atoms. The van der Waals surface area contributed by atoms with Crippen LogP contribution in [0.15, 0.2) is 71.8 Å². The number of nitrogens with one attached hydrogen (secondary N) is 2. The van der Waals surface area contributed by atoms with Crippen molar-refractivity contribution >= 4 is 29.6 Å². The van der Waals surface area contributed by atoms with Gasteiger partial charge in [-0.3, -0.25) is 5.43 Å². The molecule has 21 heavy (non-hydrogen) atoms. The van der Waals surface area contributed by atoms with Crippen LogP contribution in [0.2, 0.25) is 0 Å². The molecule has 2 aromatic rings. The maximum absolute atomic E-state index is 5.14. The molecule has 3 nitrogen and oxygen atoms in total. The molecule has 2 aromatic carbocycles. The molecule has 0 radical (unpaired) electrons. The van der Waals surface area contributed by atoms with E-state index in [0.29, 0.717) is 11.7 Å². The van der Waals surface area contributed by atoms with Gasteiger partial charge in [0, 0.05) is 12.8 Å². The van der Waals surface area contributed by atoms with Crippen LogP contribution < -0.4 is 10.7 Å². The molecule has 0 heterocycles. The van der Waals surface area contributed by atoms with E-state index in [9.17, 15) is 0 Å². The second kappa shape index (κ2) is 8.66. The largest absolute Gasteiger partial charge is 0.357 e. The summed E-state index contributed by atoms with van der Waals surface area (Å²) in [6, 6.07) is 20.1. The lowest BCUT2D eigenvalue weighted by Gasteiger charge is -2.06. The summed E-state index contributed by atoms with van der Waals surface area (Å²) in [7, 11) is 0. The van der Waals surface area contributed by atoms with E-state index in [1.54, 1.807) is 6.21 Å². The van der Waals surface area contributed by atoms with Crippen molar-refractivity contribution in [3.8, 4) is 0 Å². The van der Waals surface area contributed by atoms with Crippen LogP contribution in [0.5, 0.6) is 0 Å². The monoisotopic (exact) mass is 295 g/mol. The molecule has 0 saturated heterocycles. The second-order valence-electron chi connectivity index (χ2n) is 4.33. The Balaban J connectivity index is 1.69. The number of benzene rings is 2. The number of hydrazone groups is 1. The number of hydrogen-bond acceptors (Lipinski definition) is 2. The fourth-order valence-electron chi connectivity index (χ4n) is 1.67. The van der Waals surface area contributed by atoms with Gasteiger partial charge in [0.2, 0.25) is 0 Å². The maximum Gasteiger partial charge on any atom is 0.187 e. The summed E-state index contributed by atoms with van der Waals surface area (Å²) in [5, 5.41) is 7.63. The summed E-state index contributed by atoms with van der Waals surface area (Å²) in [4.78, 5) is 0. The molecule has 0 unspecified atom stereocenters. The summed E-state index contributed by atoms with van der Waals surface area (Å²) in [6.07, 6.45) is 5.51. The van der Waals surface area contributed by atoms with Gasteiger partial charge in [-0.15, -0.1) is 0 Å². The zero-order valence-electron chi connectivity index (χ0n) is 11.6. The first kappa shape index (κ1) is 14.9. The van der Waals surface area contributed by atoms with Gasteiger partial charge < -0.3 is 5.32 Å². The molecule has 0 amide bonds. The van der Waals surface area contributed by atoms with Crippen LogP contribution in [0.3, 0.4) is 0 Å². The first-order valence-electron chi connectivity index (χ1n) is 6.67. The van der Waals surface area contributed by atoms with Crippen LogP contribution in [-0.2, 0) is 6.54 Å². The van der Waals surface area contributed by atoms with E-state index in [4.69, 9.17) is 12.2 Å². The van der Waals surface area contributed by atoms with Crippen molar-refractivity contribution in [2.75, 3.05) is 0 Å². The lowest BCUT2D eigenvalue weighted by molar-refractivity contribution is 0.869. The molecule has 0 aliphatic carbocycles. The quantitative estimate of drug-likeness (QED) is 0.504. The van der Waals surface area contributed by atoms with Crippen LogP contribution >= 0.6 is 12.2 Å². The molecule has 0 spiro atoms. The first-order valence-corrected chi connectivity index (χ1v) is 7.08. The Labute approximate surface area is 130 Å². The molecule has 0 aliphatic heterocycles. The molecule has 4 heteroatoms. The van der Waals surface area contributed by atoms with Gasteiger partial charge in [-0.1, -0.05) is 66.7 Å². The van der Waals surface area contributed by atoms with Gasteiger partial charge in [0.05, 0.1) is 0 Å². The second-order valence-corrected chi connectivity index (χ2v) is 4.74. The van der Waals surface area contributed by atoms with Crippen molar-refractivity contribution in [3.05, 3.63) is 77.9 Å². The van der Waals surface area contributed by atoms with Crippen molar-refractivity contribution in [2.45, 2.75) is 6.54 Å². The third-order valence-corrected chi connectivity index (χ3v) is 2.95. The lowest BCUT2D eigenvalue weighted by atomic mass is 10.2. The highest BCUT2D eigenvalue weighted by Crippen LogP contribution is 1.99. The van der Waals surface area contributed by atoms with E-state index in [-0.39, 0.29) is 0 Å². The van der Waals surface area contributed by atoms with Crippen molar-refractivity contribution in [3.63, 3.8) is 0 Å². The van der Waals surface area contributed by atoms with Gasteiger partial charge in [-0.2, -0.15) is 5.10 Å². The SMILES string of the molecule is S=C(NCc1ccccc1)NN=C/C=C/c1ccccc1. The average Bonchev–Trinajstić information content (AvgIpc) is 2.54. The molecular weight excluding hydrogens is 278 g/mol. The summed E-state index contributed by atoms with van der Waals surface area (Å²) in [6.45, 7) is 0.683. The molecule has 106 valence electrons. The van der Waals surface area contributed by atoms with Crippen molar-refractivity contribution in [1.82, 2.24) is 10.7 Å². The Bertz CT molecular complexity index is 606. The highest BCUT2D eigenvalue weighted by atomic mass is 32.1. The van der Waals surface area contributed by atoms with Gasteiger partial charge in [0.15, 0.2) is 5.11 Å². The van der Waals surface area contributed by atoms with E-state index >= 15 is 0 Å². The van der Waals surface area contributed by atoms with Crippen molar-refractivity contribution < 1.29 is 0 Å². The minimum absolute atomic E-state index is 0.503. The summed E-state index contributed by atoms with van der Waals surface area (Å²) in [5.74, 6) is 0. The normalized spacial score (nSPS) is 10.9. The minimum Gasteiger partial charge on any atom is -0.357 e. The van der Waals surface area contributed by atoms with Crippen molar-refractivity contribution in [2.24, 2.45) is 5.10 Å². The number of rotatable bonds is 5. The number of nitrogens with zero attached hydrogens (tertiary/aromatic N) is 1. The zero-order valence-corrected chi connectivity index (χ0v) is 12.4. The van der Waals surface area contributed by atoms with E-state index in [1.807, 2.05) is 72.8 Å². The Kier molecular flexibility index (Phi) is 6.16. The molecule has 2 N–H and O–H groups in total. The van der Waals surface area contributed by atoms with Crippen molar-refractivity contribution in [1.29, 1.82) is 0 Å². The van der Waals surface area contributed by atoms with E-state index in [0.717, 1.165) is 5.56 Å². The zero-order chi connectivity index (χ0) is 14.8. The van der Waals surface area contributed by atoms with Crippen LogP contribution in [0, 0.1) is 0 Å². The van der Waals surface area contributed by atoms with Crippen LogP contribution in [0.25, 0.3) is 6.08 Å². The molecule has 0 aliphatic rings. The van der Waals surface area contributed by atoms with Crippen LogP contribution in [0.1, 0.15) is 11.1 Å². The molecule has 0 aromatic heterocycles. The van der Waals surface area contributed by atoms with Gasteiger partial charge in [0.25, 0.3) is 0 Å². The summed E-state index contributed by atoms with van der Waals surface area (Å²) < 4.78 is 0. The number of thiocarbonyl (C=S) groups is 1. The Morgan fingerprint density at radius 1 is 1.00 bits per heavy atom. The topological polar surface area (TPSA) is 36.4 Å². The third kappa shape index (κ3) is 6.01. The van der Waals surface area contributed by atoms with Gasteiger partial charge in [-0.25, -0.2) is 0 Å². The summed E-state index contributed by atoms with van der Waals surface area (Å²) >= 11 is 5.14. The standard InChI is InChI=1S/C17H17N3S/c21-17(18-14-16-10-5-2-6-11-16)20-19-13-7-12-15-8-3-1-4-9-15/h1-13H,14H2,(H2,18,20,21)/b12-7+,19-13?. The van der Waals surface area contributed by atoms with Crippen LogP contribution in [0.4, 0.5) is 0 Å². The van der Waals surface area contributed by atoms with E-state index in [1.165, 1.54) is 5.56 Å². The molecular formula is C17H17N3S. The van der Waals surface area contributed by atoms with Crippen LogP contribution in [-0.4, -0.2) is 11.3 Å². The van der Waals surface area contributed by atoms with Gasteiger partial charge >= 0.3 is 0 Å². The molecule has 0 saturated carbocycles. The predicted octanol–water partition coefficient (Wildman–Crippen LogP) is 3.35. The highest BCUT2D eigenvalue weighted by molar-refractivity contribution is 7.80. The molecule has 2 rings (SSSR count). The maximum atomic E-state index is 5.14. The average molecular weight is 295 g/mol. The highest BCUT2D eigenvalue weighted by Gasteiger charge is 1.93. The minimum atomic E-state index is 0.503. The van der Waals surface area contributed by atoms with Gasteiger partial charge in [0.1, 0.15) is 0 Å². The Morgan fingerprint density at radius 2 is 1.67 bits per heavy atom. The molecule has 0 atom stereocenters. The molecule has 0 fully saturated rings. The Morgan fingerprint density at radius 3 is 2.38 bits per heavy atom. The fourth-order valence-corrected chi connectivity index (χ4v) is 1.80. The van der Waals surface area contributed by atoms with E-state index in [2.05, 4.69) is 15.8 Å². The number of hydrogen-bond donors (Lipinski definition) is 2. The number of allylic oxidation sites excluding steroid dienone is 1. The summed E-state index contributed by atoms with van der Waals surface area (Å²) in [5.41, 5.74) is 5.09. The predicted molar refractivity (Wildman–Crippen MR) is 93.0 cm³/mol. The first-order chi connectivity index (χ1) is 10.3. The van der Waals surface area contributed by atoms with E-state index < -0.39 is 0 Å². The Hall–Kier alpha value is -2.46. The van der Waals surface area contributed by atoms with Gasteiger partial charge in [-0.05, 0) is 29.4 Å². The smallest absolute Gasteiger partial charge is 0.187 e.